The van der Waals surface area contributed by atoms with Gasteiger partial charge >= 0.3 is 0 Å². The van der Waals surface area contributed by atoms with Gasteiger partial charge in [0.25, 0.3) is 0 Å². The maximum absolute atomic E-state index is 4.37. The van der Waals surface area contributed by atoms with Crippen LogP contribution in [0.4, 0.5) is 5.82 Å². The van der Waals surface area contributed by atoms with Crippen LogP contribution >= 0.6 is 11.8 Å². The average molecular weight is 210 g/mol. The molecule has 1 aromatic rings. The summed E-state index contributed by atoms with van der Waals surface area (Å²) in [4.78, 5) is 7.60. The molecule has 0 amide bonds. The molecule has 0 radical (unpaired) electrons. The van der Waals surface area contributed by atoms with Crippen LogP contribution in [-0.4, -0.2) is 23.8 Å². The molecule has 2 nitrogen and oxygen atoms in total. The quantitative estimate of drug-likeness (QED) is 0.698. The van der Waals surface area contributed by atoms with Crippen molar-refractivity contribution < 1.29 is 0 Å². The van der Waals surface area contributed by atoms with Gasteiger partial charge in [0.05, 0.1) is 0 Å². The van der Waals surface area contributed by atoms with E-state index >= 15 is 0 Å². The summed E-state index contributed by atoms with van der Waals surface area (Å²) in [6, 6.07) is 4.17. The first-order valence-corrected chi connectivity index (χ1v) is 5.52. The summed E-state index contributed by atoms with van der Waals surface area (Å²) in [6.07, 6.45) is 1.94. The SMILES string of the molecule is CN(C)c1ccc(SC(C)(C)C)cn1. The fraction of sp³-hybridized carbons (Fsp3) is 0.545. The molecule has 0 aliphatic heterocycles. The van der Waals surface area contributed by atoms with Crippen molar-refractivity contribution in [3.8, 4) is 0 Å². The summed E-state index contributed by atoms with van der Waals surface area (Å²) in [5, 5.41) is 0. The van der Waals surface area contributed by atoms with Gasteiger partial charge in [0.2, 0.25) is 0 Å². The number of pyridine rings is 1. The number of rotatable bonds is 2. The van der Waals surface area contributed by atoms with E-state index in [2.05, 4.69) is 31.8 Å². The normalized spacial score (nSPS) is 11.5. The van der Waals surface area contributed by atoms with Gasteiger partial charge in [0, 0.05) is 29.9 Å². The van der Waals surface area contributed by atoms with E-state index in [0.717, 1.165) is 5.82 Å². The summed E-state index contributed by atoms with van der Waals surface area (Å²) in [5.74, 6) is 1.00. The molecule has 0 bridgehead atoms. The van der Waals surface area contributed by atoms with Crippen molar-refractivity contribution >= 4 is 17.6 Å². The minimum atomic E-state index is 0.251. The molecule has 0 aliphatic carbocycles. The van der Waals surface area contributed by atoms with Crippen molar-refractivity contribution in [3.63, 3.8) is 0 Å². The maximum Gasteiger partial charge on any atom is 0.128 e. The highest BCUT2D eigenvalue weighted by Crippen LogP contribution is 2.31. The summed E-state index contributed by atoms with van der Waals surface area (Å²) in [7, 11) is 4.00. The van der Waals surface area contributed by atoms with Crippen LogP contribution in [0.3, 0.4) is 0 Å². The third-order valence-electron chi connectivity index (χ3n) is 1.60. The van der Waals surface area contributed by atoms with Crippen LogP contribution in [-0.2, 0) is 0 Å². The number of hydrogen-bond acceptors (Lipinski definition) is 3. The van der Waals surface area contributed by atoms with Crippen molar-refractivity contribution in [1.29, 1.82) is 0 Å². The molecule has 0 N–H and O–H groups in total. The van der Waals surface area contributed by atoms with E-state index in [9.17, 15) is 0 Å². The predicted octanol–water partition coefficient (Wildman–Crippen LogP) is 3.04. The van der Waals surface area contributed by atoms with Crippen molar-refractivity contribution in [2.45, 2.75) is 30.4 Å². The number of anilines is 1. The fourth-order valence-corrected chi connectivity index (χ4v) is 2.00. The molecular formula is C11H18N2S. The highest BCUT2D eigenvalue weighted by molar-refractivity contribution is 8.00. The van der Waals surface area contributed by atoms with Crippen LogP contribution in [0.15, 0.2) is 23.2 Å². The summed E-state index contributed by atoms with van der Waals surface area (Å²) < 4.78 is 0.251. The molecule has 1 heterocycles. The van der Waals surface area contributed by atoms with Crippen LogP contribution in [0.5, 0.6) is 0 Å². The molecule has 0 fully saturated rings. The maximum atomic E-state index is 4.37. The van der Waals surface area contributed by atoms with E-state index in [0.29, 0.717) is 0 Å². The van der Waals surface area contributed by atoms with Crippen LogP contribution in [0.25, 0.3) is 0 Å². The predicted molar refractivity (Wildman–Crippen MR) is 64.2 cm³/mol. The van der Waals surface area contributed by atoms with Crippen molar-refractivity contribution in [2.75, 3.05) is 19.0 Å². The Bertz CT molecular complexity index is 285. The van der Waals surface area contributed by atoms with Gasteiger partial charge < -0.3 is 4.90 Å². The number of thioether (sulfide) groups is 1. The topological polar surface area (TPSA) is 16.1 Å². The first kappa shape index (κ1) is 11.4. The largest absolute Gasteiger partial charge is 0.363 e. The summed E-state index contributed by atoms with van der Waals surface area (Å²) in [6.45, 7) is 6.62. The molecule has 0 aromatic carbocycles. The molecular weight excluding hydrogens is 192 g/mol. The number of nitrogens with zero attached hydrogens (tertiary/aromatic N) is 2. The van der Waals surface area contributed by atoms with E-state index < -0.39 is 0 Å². The Kier molecular flexibility index (Phi) is 3.43. The van der Waals surface area contributed by atoms with Gasteiger partial charge in [0.1, 0.15) is 5.82 Å². The van der Waals surface area contributed by atoms with E-state index in [-0.39, 0.29) is 4.75 Å². The lowest BCUT2D eigenvalue weighted by atomic mass is 10.3. The van der Waals surface area contributed by atoms with Crippen LogP contribution in [0.1, 0.15) is 20.8 Å². The van der Waals surface area contributed by atoms with E-state index in [1.165, 1.54) is 4.90 Å². The Balaban J connectivity index is 2.74. The highest BCUT2D eigenvalue weighted by atomic mass is 32.2. The van der Waals surface area contributed by atoms with Gasteiger partial charge in [-0.05, 0) is 12.1 Å². The number of aromatic nitrogens is 1. The van der Waals surface area contributed by atoms with Gasteiger partial charge in [-0.2, -0.15) is 0 Å². The third-order valence-corrected chi connectivity index (χ3v) is 2.69. The average Bonchev–Trinajstić information content (AvgIpc) is 2.02. The molecule has 0 atom stereocenters. The fourth-order valence-electron chi connectivity index (χ4n) is 1.05. The summed E-state index contributed by atoms with van der Waals surface area (Å²) >= 11 is 1.84. The van der Waals surface area contributed by atoms with Gasteiger partial charge in [-0.25, -0.2) is 4.98 Å². The molecule has 0 unspecified atom stereocenters. The molecule has 14 heavy (non-hydrogen) atoms. The molecule has 3 heteroatoms. The zero-order valence-electron chi connectivity index (χ0n) is 9.53. The smallest absolute Gasteiger partial charge is 0.128 e. The van der Waals surface area contributed by atoms with Crippen molar-refractivity contribution in [1.82, 2.24) is 4.98 Å². The van der Waals surface area contributed by atoms with Crippen LogP contribution in [0, 0.1) is 0 Å². The molecule has 0 aliphatic rings. The highest BCUT2D eigenvalue weighted by Gasteiger charge is 2.12. The Labute approximate surface area is 90.7 Å². The van der Waals surface area contributed by atoms with Gasteiger partial charge in [-0.1, -0.05) is 20.8 Å². The van der Waals surface area contributed by atoms with Crippen molar-refractivity contribution in [3.05, 3.63) is 18.3 Å². The second kappa shape index (κ2) is 4.22. The standard InChI is InChI=1S/C11H18N2S/c1-11(2,3)14-9-6-7-10(12-8-9)13(4)5/h6-8H,1-5H3. The molecule has 0 spiro atoms. The van der Waals surface area contributed by atoms with Crippen LogP contribution < -0.4 is 4.90 Å². The minimum absolute atomic E-state index is 0.251. The van der Waals surface area contributed by atoms with E-state index in [4.69, 9.17) is 0 Å². The molecule has 1 rings (SSSR count). The lowest BCUT2D eigenvalue weighted by Crippen LogP contribution is -2.10. The minimum Gasteiger partial charge on any atom is -0.363 e. The lowest BCUT2D eigenvalue weighted by Gasteiger charge is -2.18. The van der Waals surface area contributed by atoms with E-state index in [1.54, 1.807) is 0 Å². The van der Waals surface area contributed by atoms with Crippen molar-refractivity contribution in [2.24, 2.45) is 0 Å². The second-order valence-electron chi connectivity index (χ2n) is 4.46. The molecule has 0 saturated heterocycles. The first-order valence-electron chi connectivity index (χ1n) is 4.71. The molecule has 78 valence electrons. The molecule has 0 saturated carbocycles. The summed E-state index contributed by atoms with van der Waals surface area (Å²) in [5.41, 5.74) is 0. The monoisotopic (exact) mass is 210 g/mol. The first-order chi connectivity index (χ1) is 6.38. The van der Waals surface area contributed by atoms with Gasteiger partial charge in [-0.3, -0.25) is 0 Å². The van der Waals surface area contributed by atoms with Gasteiger partial charge in [-0.15, -0.1) is 11.8 Å². The zero-order chi connectivity index (χ0) is 10.8. The zero-order valence-corrected chi connectivity index (χ0v) is 10.4. The Hall–Kier alpha value is -0.700. The Morgan fingerprint density at radius 2 is 1.86 bits per heavy atom. The Morgan fingerprint density at radius 3 is 2.21 bits per heavy atom. The number of hydrogen-bond donors (Lipinski definition) is 0. The second-order valence-corrected chi connectivity index (χ2v) is 6.36. The lowest BCUT2D eigenvalue weighted by molar-refractivity contribution is 0.802. The van der Waals surface area contributed by atoms with Crippen LogP contribution in [0.2, 0.25) is 0 Å². The Morgan fingerprint density at radius 1 is 1.21 bits per heavy atom. The van der Waals surface area contributed by atoms with E-state index in [1.807, 2.05) is 43.0 Å². The molecule has 1 aromatic heterocycles. The van der Waals surface area contributed by atoms with Gasteiger partial charge in [0.15, 0.2) is 0 Å². The third kappa shape index (κ3) is 3.58.